The molecular formula is C21H17N3O3. The molecule has 0 saturated heterocycles. The number of amides is 1. The molecule has 2 aliphatic rings. The number of hydrogen-bond donors (Lipinski definition) is 0. The summed E-state index contributed by atoms with van der Waals surface area (Å²) in [6.07, 6.45) is 4.28. The number of fused-ring (bicyclic) bond motifs is 2. The number of nitrogens with zero attached hydrogens (tertiary/aromatic N) is 3. The van der Waals surface area contributed by atoms with E-state index in [4.69, 9.17) is 14.7 Å². The summed E-state index contributed by atoms with van der Waals surface area (Å²) in [7, 11) is 3.09. The molecule has 0 unspecified atom stereocenters. The lowest BCUT2D eigenvalue weighted by atomic mass is 10.0. The van der Waals surface area contributed by atoms with Gasteiger partial charge in [-0.2, -0.15) is 5.26 Å². The van der Waals surface area contributed by atoms with Crippen molar-refractivity contribution in [1.29, 1.82) is 5.26 Å². The third kappa shape index (κ3) is 2.83. The molecule has 1 atom stereocenters. The molecule has 0 N–H and O–H groups in total. The van der Waals surface area contributed by atoms with Gasteiger partial charge in [0.25, 0.3) is 5.91 Å². The van der Waals surface area contributed by atoms with Crippen LogP contribution in [0.4, 0.5) is 5.69 Å². The fourth-order valence-corrected chi connectivity index (χ4v) is 3.41. The Labute approximate surface area is 157 Å². The molecule has 2 heterocycles. The molecule has 0 bridgehead atoms. The van der Waals surface area contributed by atoms with E-state index >= 15 is 0 Å². The summed E-state index contributed by atoms with van der Waals surface area (Å²) in [5.41, 5.74) is 3.57. The first-order valence-corrected chi connectivity index (χ1v) is 8.48. The average Bonchev–Trinajstić information content (AvgIpc) is 3.10. The van der Waals surface area contributed by atoms with E-state index in [1.807, 2.05) is 24.4 Å². The summed E-state index contributed by atoms with van der Waals surface area (Å²) in [6, 6.07) is 12.8. The first kappa shape index (κ1) is 16.9. The molecule has 1 amide bonds. The normalized spacial score (nSPS) is 17.5. The lowest BCUT2D eigenvalue weighted by Crippen LogP contribution is -2.32. The Kier molecular flexibility index (Phi) is 4.13. The topological polar surface area (TPSA) is 74.9 Å². The van der Waals surface area contributed by atoms with Crippen molar-refractivity contribution in [3.05, 3.63) is 59.3 Å². The Morgan fingerprint density at radius 1 is 1.19 bits per heavy atom. The fraction of sp³-hybridized carbons (Fsp3) is 0.190. The number of benzene rings is 2. The van der Waals surface area contributed by atoms with E-state index in [-0.39, 0.29) is 11.9 Å². The van der Waals surface area contributed by atoms with Gasteiger partial charge in [0, 0.05) is 24.9 Å². The first-order valence-electron chi connectivity index (χ1n) is 8.48. The van der Waals surface area contributed by atoms with E-state index in [9.17, 15) is 4.79 Å². The second-order valence-electron chi connectivity index (χ2n) is 6.33. The number of ether oxygens (including phenoxy) is 2. The van der Waals surface area contributed by atoms with Crippen LogP contribution < -0.4 is 9.47 Å². The molecule has 0 spiro atoms. The molecule has 0 aromatic heterocycles. The van der Waals surface area contributed by atoms with E-state index in [1.54, 1.807) is 36.4 Å². The summed E-state index contributed by atoms with van der Waals surface area (Å²) < 4.78 is 10.6. The van der Waals surface area contributed by atoms with E-state index in [0.29, 0.717) is 34.7 Å². The van der Waals surface area contributed by atoms with Crippen molar-refractivity contribution >= 4 is 23.4 Å². The minimum Gasteiger partial charge on any atom is -0.493 e. The summed E-state index contributed by atoms with van der Waals surface area (Å²) >= 11 is 0. The maximum absolute atomic E-state index is 13.1. The fourth-order valence-electron chi connectivity index (χ4n) is 3.41. The minimum atomic E-state index is -0.164. The molecule has 0 radical (unpaired) electrons. The van der Waals surface area contributed by atoms with Crippen LogP contribution in [0.5, 0.6) is 11.5 Å². The molecule has 134 valence electrons. The zero-order valence-electron chi connectivity index (χ0n) is 15.0. The number of rotatable bonds is 3. The highest BCUT2D eigenvalue weighted by Crippen LogP contribution is 2.39. The van der Waals surface area contributed by atoms with Crippen LogP contribution in [0.15, 0.2) is 47.6 Å². The van der Waals surface area contributed by atoms with Crippen molar-refractivity contribution in [3.63, 3.8) is 0 Å². The van der Waals surface area contributed by atoms with E-state index in [0.717, 1.165) is 11.1 Å². The molecule has 0 aliphatic carbocycles. The van der Waals surface area contributed by atoms with Gasteiger partial charge in [0.2, 0.25) is 0 Å². The number of nitriles is 1. The second-order valence-corrected chi connectivity index (χ2v) is 6.33. The molecule has 2 aliphatic heterocycles. The smallest absolute Gasteiger partial charge is 0.260 e. The zero-order chi connectivity index (χ0) is 19.0. The van der Waals surface area contributed by atoms with Gasteiger partial charge in [-0.3, -0.25) is 9.79 Å². The number of carbonyl (C=O) groups is 1. The Bertz CT molecular complexity index is 1030. The number of hydrogen-bond acceptors (Lipinski definition) is 5. The quantitative estimate of drug-likeness (QED) is 0.840. The van der Waals surface area contributed by atoms with Crippen LogP contribution in [0.1, 0.15) is 27.9 Å². The lowest BCUT2D eigenvalue weighted by Gasteiger charge is -2.18. The summed E-state index contributed by atoms with van der Waals surface area (Å²) in [4.78, 5) is 19.3. The molecule has 4 rings (SSSR count). The Balaban J connectivity index is 1.74. The van der Waals surface area contributed by atoms with Crippen LogP contribution in [-0.4, -0.2) is 37.3 Å². The van der Waals surface area contributed by atoms with Gasteiger partial charge in [-0.15, -0.1) is 0 Å². The molecule has 6 heteroatoms. The molecule has 0 saturated carbocycles. The Hall–Kier alpha value is -3.59. The van der Waals surface area contributed by atoms with Gasteiger partial charge in [0.05, 0.1) is 43.1 Å². The number of aliphatic imine (C=N–C) groups is 1. The second kappa shape index (κ2) is 6.61. The van der Waals surface area contributed by atoms with Crippen molar-refractivity contribution in [2.75, 3.05) is 14.2 Å². The van der Waals surface area contributed by atoms with Gasteiger partial charge in [0.1, 0.15) is 0 Å². The summed E-state index contributed by atoms with van der Waals surface area (Å²) in [5, 5.41) is 9.11. The highest BCUT2D eigenvalue weighted by atomic mass is 16.5. The van der Waals surface area contributed by atoms with Crippen molar-refractivity contribution in [1.82, 2.24) is 4.90 Å². The van der Waals surface area contributed by atoms with Crippen LogP contribution in [0.3, 0.4) is 0 Å². The predicted molar refractivity (Wildman–Crippen MR) is 101 cm³/mol. The van der Waals surface area contributed by atoms with E-state index in [1.165, 1.54) is 7.11 Å². The molecule has 2 aromatic rings. The van der Waals surface area contributed by atoms with Crippen LogP contribution in [0.2, 0.25) is 0 Å². The lowest BCUT2D eigenvalue weighted by molar-refractivity contribution is 0.0817. The van der Waals surface area contributed by atoms with Crippen molar-refractivity contribution < 1.29 is 14.3 Å². The third-order valence-corrected chi connectivity index (χ3v) is 4.80. The van der Waals surface area contributed by atoms with Gasteiger partial charge >= 0.3 is 0 Å². The molecular weight excluding hydrogens is 342 g/mol. The maximum atomic E-state index is 13.1. The molecule has 0 fully saturated rings. The van der Waals surface area contributed by atoms with Gasteiger partial charge < -0.3 is 14.4 Å². The van der Waals surface area contributed by atoms with Gasteiger partial charge in [-0.25, -0.2) is 0 Å². The highest BCUT2D eigenvalue weighted by molar-refractivity contribution is 6.05. The standard InChI is InChI=1S/C21H17N3O3/c1-26-19-8-17-18(9-20(19)27-2)23-11-16-7-15(12-24(16)21(17)25)14-5-3-4-13(6-14)10-22/h3-6,8-9,11-12,16H,7H2,1-2H3/t16-/m0/s1. The largest absolute Gasteiger partial charge is 0.493 e. The molecule has 2 aromatic carbocycles. The van der Waals surface area contributed by atoms with Gasteiger partial charge in [-0.05, 0) is 29.3 Å². The maximum Gasteiger partial charge on any atom is 0.260 e. The third-order valence-electron chi connectivity index (χ3n) is 4.80. The monoisotopic (exact) mass is 359 g/mol. The number of carbonyl (C=O) groups excluding carboxylic acids is 1. The predicted octanol–water partition coefficient (Wildman–Crippen LogP) is 3.55. The average molecular weight is 359 g/mol. The SMILES string of the molecule is COc1cc2c(cc1OC)C(=O)N1C=C(c3cccc(C#N)c3)C[C@H]1C=N2. The van der Waals surface area contributed by atoms with Crippen molar-refractivity contribution in [3.8, 4) is 17.6 Å². The summed E-state index contributed by atoms with van der Waals surface area (Å²) in [5.74, 6) is 0.885. The first-order chi connectivity index (χ1) is 13.1. The minimum absolute atomic E-state index is 0.139. The van der Waals surface area contributed by atoms with Gasteiger partial charge in [-0.1, -0.05) is 12.1 Å². The van der Waals surface area contributed by atoms with E-state index in [2.05, 4.69) is 11.1 Å². The van der Waals surface area contributed by atoms with Crippen molar-refractivity contribution in [2.45, 2.75) is 12.5 Å². The molecule has 6 nitrogen and oxygen atoms in total. The van der Waals surface area contributed by atoms with Crippen molar-refractivity contribution in [2.24, 2.45) is 4.99 Å². The van der Waals surface area contributed by atoms with Crippen LogP contribution in [-0.2, 0) is 0 Å². The highest BCUT2D eigenvalue weighted by Gasteiger charge is 2.33. The zero-order valence-corrected chi connectivity index (χ0v) is 15.0. The van der Waals surface area contributed by atoms with Crippen LogP contribution >= 0.6 is 0 Å². The van der Waals surface area contributed by atoms with Crippen LogP contribution in [0.25, 0.3) is 5.57 Å². The molecule has 27 heavy (non-hydrogen) atoms. The number of methoxy groups -OCH3 is 2. The Morgan fingerprint density at radius 2 is 1.96 bits per heavy atom. The van der Waals surface area contributed by atoms with Crippen LogP contribution in [0, 0.1) is 11.3 Å². The Morgan fingerprint density at radius 3 is 2.70 bits per heavy atom. The summed E-state index contributed by atoms with van der Waals surface area (Å²) in [6.45, 7) is 0. The van der Waals surface area contributed by atoms with E-state index < -0.39 is 0 Å². The van der Waals surface area contributed by atoms with Gasteiger partial charge in [0.15, 0.2) is 11.5 Å².